The van der Waals surface area contributed by atoms with Crippen LogP contribution in [-0.4, -0.2) is 18.5 Å². The fraction of sp³-hybridized carbons (Fsp3) is 0.417. The van der Waals surface area contributed by atoms with Crippen LogP contribution in [0.1, 0.15) is 18.4 Å². The number of carbonyl (C=O) groups excluding carboxylic acids is 1. The number of hydrogen-bond acceptors (Lipinski definition) is 3. The quantitative estimate of drug-likeness (QED) is 0.705. The first kappa shape index (κ1) is 11.1. The van der Waals surface area contributed by atoms with Crippen molar-refractivity contribution in [1.29, 1.82) is 0 Å². The maximum Gasteiger partial charge on any atom is 0.241 e. The minimum absolute atomic E-state index is 0.0402. The summed E-state index contributed by atoms with van der Waals surface area (Å²) in [5, 5.41) is 6.09. The van der Waals surface area contributed by atoms with Gasteiger partial charge in [0.1, 0.15) is 0 Å². The van der Waals surface area contributed by atoms with Gasteiger partial charge in [-0.15, -0.1) is 0 Å². The van der Waals surface area contributed by atoms with E-state index in [1.165, 1.54) is 0 Å². The third-order valence-corrected chi connectivity index (χ3v) is 2.87. The van der Waals surface area contributed by atoms with Crippen molar-refractivity contribution in [3.63, 3.8) is 0 Å². The van der Waals surface area contributed by atoms with Crippen molar-refractivity contribution >= 4 is 11.6 Å². The zero-order valence-corrected chi connectivity index (χ0v) is 9.20. The Kier molecular flexibility index (Phi) is 3.54. The SMILES string of the molecule is NCc1ccccc1NC(=O)C1CCCN1. The van der Waals surface area contributed by atoms with E-state index in [9.17, 15) is 4.79 Å². The van der Waals surface area contributed by atoms with E-state index in [1.807, 2.05) is 24.3 Å². The lowest BCUT2D eigenvalue weighted by Gasteiger charge is -2.13. The van der Waals surface area contributed by atoms with Crippen LogP contribution in [0, 0.1) is 0 Å². The summed E-state index contributed by atoms with van der Waals surface area (Å²) < 4.78 is 0. The number of amides is 1. The lowest BCUT2D eigenvalue weighted by atomic mass is 10.1. The van der Waals surface area contributed by atoms with E-state index in [4.69, 9.17) is 5.73 Å². The number of nitrogens with one attached hydrogen (secondary N) is 2. The fourth-order valence-corrected chi connectivity index (χ4v) is 1.95. The lowest BCUT2D eigenvalue weighted by Crippen LogP contribution is -2.35. The average Bonchev–Trinajstić information content (AvgIpc) is 2.83. The van der Waals surface area contributed by atoms with Crippen LogP contribution in [0.4, 0.5) is 5.69 Å². The average molecular weight is 219 g/mol. The predicted molar refractivity (Wildman–Crippen MR) is 64.0 cm³/mol. The Balaban J connectivity index is 2.05. The minimum atomic E-state index is -0.0502. The third-order valence-electron chi connectivity index (χ3n) is 2.87. The Morgan fingerprint density at radius 3 is 3.00 bits per heavy atom. The summed E-state index contributed by atoms with van der Waals surface area (Å²) in [5.41, 5.74) is 7.40. The van der Waals surface area contributed by atoms with Crippen molar-refractivity contribution in [2.45, 2.75) is 25.4 Å². The van der Waals surface area contributed by atoms with Crippen molar-refractivity contribution in [2.75, 3.05) is 11.9 Å². The molecule has 0 radical (unpaired) electrons. The molecule has 0 aliphatic carbocycles. The Bertz CT molecular complexity index is 372. The molecule has 4 nitrogen and oxygen atoms in total. The molecule has 1 aromatic rings. The molecule has 0 saturated carbocycles. The van der Waals surface area contributed by atoms with Crippen molar-refractivity contribution in [3.05, 3.63) is 29.8 Å². The van der Waals surface area contributed by atoms with E-state index >= 15 is 0 Å². The van der Waals surface area contributed by atoms with Crippen LogP contribution in [0.15, 0.2) is 24.3 Å². The van der Waals surface area contributed by atoms with Gasteiger partial charge in [-0.1, -0.05) is 18.2 Å². The van der Waals surface area contributed by atoms with Crippen LogP contribution in [0.25, 0.3) is 0 Å². The molecule has 1 atom stereocenters. The van der Waals surface area contributed by atoms with E-state index in [2.05, 4.69) is 10.6 Å². The lowest BCUT2D eigenvalue weighted by molar-refractivity contribution is -0.117. The molecule has 1 unspecified atom stereocenters. The van der Waals surface area contributed by atoms with Crippen LogP contribution in [0.2, 0.25) is 0 Å². The molecule has 1 aliphatic rings. The van der Waals surface area contributed by atoms with Crippen LogP contribution in [-0.2, 0) is 11.3 Å². The number of hydrogen-bond donors (Lipinski definition) is 3. The number of nitrogens with two attached hydrogens (primary N) is 1. The largest absolute Gasteiger partial charge is 0.326 e. The molecule has 0 bridgehead atoms. The van der Waals surface area contributed by atoms with Gasteiger partial charge in [-0.05, 0) is 31.0 Å². The van der Waals surface area contributed by atoms with Crippen molar-refractivity contribution in [1.82, 2.24) is 5.32 Å². The van der Waals surface area contributed by atoms with Crippen molar-refractivity contribution in [2.24, 2.45) is 5.73 Å². The molecule has 2 rings (SSSR count). The van der Waals surface area contributed by atoms with Crippen LogP contribution < -0.4 is 16.4 Å². The normalized spacial score (nSPS) is 19.7. The Morgan fingerprint density at radius 1 is 1.50 bits per heavy atom. The molecule has 1 saturated heterocycles. The molecule has 1 aromatic carbocycles. The van der Waals surface area contributed by atoms with Crippen molar-refractivity contribution in [3.8, 4) is 0 Å². The van der Waals surface area contributed by atoms with Gasteiger partial charge in [-0.25, -0.2) is 0 Å². The minimum Gasteiger partial charge on any atom is -0.326 e. The van der Waals surface area contributed by atoms with E-state index in [1.54, 1.807) is 0 Å². The number of para-hydroxylation sites is 1. The van der Waals surface area contributed by atoms with Gasteiger partial charge < -0.3 is 16.4 Å². The summed E-state index contributed by atoms with van der Waals surface area (Å²) in [6.07, 6.45) is 1.98. The van der Waals surface area contributed by atoms with Gasteiger partial charge >= 0.3 is 0 Å². The second-order valence-electron chi connectivity index (χ2n) is 4.00. The van der Waals surface area contributed by atoms with Crippen molar-refractivity contribution < 1.29 is 4.79 Å². The molecule has 4 heteroatoms. The summed E-state index contributed by atoms with van der Waals surface area (Å²) in [6, 6.07) is 7.58. The zero-order chi connectivity index (χ0) is 11.4. The number of rotatable bonds is 3. The first-order valence-electron chi connectivity index (χ1n) is 5.63. The number of benzene rings is 1. The topological polar surface area (TPSA) is 67.1 Å². The van der Waals surface area contributed by atoms with E-state index in [-0.39, 0.29) is 11.9 Å². The molecule has 4 N–H and O–H groups in total. The molecule has 1 aliphatic heterocycles. The zero-order valence-electron chi connectivity index (χ0n) is 9.20. The van der Waals surface area contributed by atoms with Gasteiger partial charge in [0.2, 0.25) is 5.91 Å². The molecule has 16 heavy (non-hydrogen) atoms. The van der Waals surface area contributed by atoms with Gasteiger partial charge in [0.15, 0.2) is 0 Å². The molecule has 1 amide bonds. The predicted octanol–water partition coefficient (Wildman–Crippen LogP) is 0.836. The van der Waals surface area contributed by atoms with Gasteiger partial charge in [-0.3, -0.25) is 4.79 Å². The molecule has 0 aromatic heterocycles. The molecular weight excluding hydrogens is 202 g/mol. The highest BCUT2D eigenvalue weighted by atomic mass is 16.2. The first-order chi connectivity index (χ1) is 7.81. The second kappa shape index (κ2) is 5.09. The Hall–Kier alpha value is -1.39. The maximum atomic E-state index is 11.9. The number of carbonyl (C=O) groups is 1. The Labute approximate surface area is 95.2 Å². The molecule has 86 valence electrons. The smallest absolute Gasteiger partial charge is 0.241 e. The molecule has 1 fully saturated rings. The number of anilines is 1. The van der Waals surface area contributed by atoms with E-state index < -0.39 is 0 Å². The van der Waals surface area contributed by atoms with E-state index in [0.29, 0.717) is 6.54 Å². The van der Waals surface area contributed by atoms with Crippen LogP contribution in [0.5, 0.6) is 0 Å². The third kappa shape index (κ3) is 2.40. The van der Waals surface area contributed by atoms with Crippen LogP contribution >= 0.6 is 0 Å². The Morgan fingerprint density at radius 2 is 2.31 bits per heavy atom. The monoisotopic (exact) mass is 219 g/mol. The summed E-state index contributed by atoms with van der Waals surface area (Å²) in [4.78, 5) is 11.9. The highest BCUT2D eigenvalue weighted by Gasteiger charge is 2.22. The van der Waals surface area contributed by atoms with Gasteiger partial charge in [0, 0.05) is 12.2 Å². The van der Waals surface area contributed by atoms with Gasteiger partial charge in [0.25, 0.3) is 0 Å². The first-order valence-corrected chi connectivity index (χ1v) is 5.63. The summed E-state index contributed by atoms with van der Waals surface area (Å²) in [5.74, 6) is 0.0402. The van der Waals surface area contributed by atoms with E-state index in [0.717, 1.165) is 30.6 Å². The molecule has 0 spiro atoms. The molecular formula is C12H17N3O. The second-order valence-corrected chi connectivity index (χ2v) is 4.00. The summed E-state index contributed by atoms with van der Waals surface area (Å²) >= 11 is 0. The molecule has 1 heterocycles. The van der Waals surface area contributed by atoms with Crippen LogP contribution in [0.3, 0.4) is 0 Å². The summed E-state index contributed by atoms with van der Waals surface area (Å²) in [6.45, 7) is 1.37. The van der Waals surface area contributed by atoms with Gasteiger partial charge in [-0.2, -0.15) is 0 Å². The fourth-order valence-electron chi connectivity index (χ4n) is 1.95. The summed E-state index contributed by atoms with van der Waals surface area (Å²) in [7, 11) is 0. The maximum absolute atomic E-state index is 11.9. The standard InChI is InChI=1S/C12H17N3O/c13-8-9-4-1-2-5-10(9)15-12(16)11-6-3-7-14-11/h1-2,4-5,11,14H,3,6-8,13H2,(H,15,16). The highest BCUT2D eigenvalue weighted by molar-refractivity contribution is 5.95. The van der Waals surface area contributed by atoms with Gasteiger partial charge in [0.05, 0.1) is 6.04 Å². The highest BCUT2D eigenvalue weighted by Crippen LogP contribution is 2.15.